The Kier molecular flexibility index (Phi) is 5.46. The third-order valence-electron chi connectivity index (χ3n) is 9.54. The van der Waals surface area contributed by atoms with Crippen LogP contribution in [0.1, 0.15) is 67.9 Å². The molecule has 2 saturated carbocycles. The number of piperazine rings is 1. The van der Waals surface area contributed by atoms with Crippen LogP contribution in [0.15, 0.2) is 24.3 Å². The zero-order valence-corrected chi connectivity index (χ0v) is 21.2. The molecule has 4 aliphatic rings. The lowest BCUT2D eigenvalue weighted by Gasteiger charge is -2.40. The van der Waals surface area contributed by atoms with Crippen LogP contribution >= 0.6 is 11.5 Å². The molecule has 186 valence electrons. The molecule has 1 aromatic carbocycles. The second-order valence-corrected chi connectivity index (χ2v) is 12.2. The predicted molar refractivity (Wildman–Crippen MR) is 141 cm³/mol. The van der Waals surface area contributed by atoms with E-state index in [-0.39, 0.29) is 0 Å². The van der Waals surface area contributed by atoms with E-state index in [1.807, 2.05) is 4.57 Å². The van der Waals surface area contributed by atoms with Crippen LogP contribution in [0.25, 0.3) is 10.1 Å². The van der Waals surface area contributed by atoms with Gasteiger partial charge in [-0.05, 0) is 79.4 Å². The maximum Gasteiger partial charge on any atom is 0.197 e. The predicted octanol–water partition coefficient (Wildman–Crippen LogP) is 5.50. The van der Waals surface area contributed by atoms with E-state index >= 15 is 0 Å². The highest BCUT2D eigenvalue weighted by Crippen LogP contribution is 2.60. The third kappa shape index (κ3) is 3.65. The molecule has 3 aliphatic carbocycles. The van der Waals surface area contributed by atoms with Gasteiger partial charge in [0, 0.05) is 55.8 Å². The van der Waals surface area contributed by atoms with E-state index < -0.39 is 0 Å². The minimum Gasteiger partial charge on any atom is -0.494 e. The summed E-state index contributed by atoms with van der Waals surface area (Å²) < 4.78 is 7.92. The molecule has 0 amide bonds. The number of nitrogens with zero attached hydrogens (tertiary/aromatic N) is 4. The van der Waals surface area contributed by atoms with Crippen LogP contribution in [0.3, 0.4) is 0 Å². The Morgan fingerprint density at radius 3 is 2.20 bits per heavy atom. The summed E-state index contributed by atoms with van der Waals surface area (Å²) in [4.78, 5) is 5.10. The molecule has 6 nitrogen and oxygen atoms in total. The van der Waals surface area contributed by atoms with Gasteiger partial charge in [-0.25, -0.2) is 0 Å². The maximum atomic E-state index is 11.1. The number of fused-ring (bicyclic) bond motifs is 6. The Bertz CT molecular complexity index is 1190. The molecule has 3 aromatic rings. The van der Waals surface area contributed by atoms with E-state index in [0.29, 0.717) is 35.4 Å². The summed E-state index contributed by atoms with van der Waals surface area (Å²) in [6.45, 7) is 6.10. The average molecular weight is 493 g/mol. The monoisotopic (exact) mass is 492 g/mol. The van der Waals surface area contributed by atoms with Crippen LogP contribution < -0.4 is 4.90 Å². The fourth-order valence-corrected chi connectivity index (χ4v) is 8.49. The first-order chi connectivity index (χ1) is 17.2. The van der Waals surface area contributed by atoms with Crippen LogP contribution in [-0.4, -0.2) is 56.8 Å². The average Bonchev–Trinajstić information content (AvgIpc) is 3.66. The van der Waals surface area contributed by atoms with Crippen LogP contribution in [0.5, 0.6) is 11.8 Å². The number of hydrogen-bond donors (Lipinski definition) is 2. The summed E-state index contributed by atoms with van der Waals surface area (Å²) in [5, 5.41) is 23.4. The lowest BCUT2D eigenvalue weighted by molar-refractivity contribution is 0.130. The normalized spacial score (nSPS) is 28.7. The Balaban J connectivity index is 1.02. The molecule has 2 bridgehead atoms. The van der Waals surface area contributed by atoms with E-state index in [2.05, 4.69) is 34.1 Å². The Morgan fingerprint density at radius 1 is 0.829 bits per heavy atom. The summed E-state index contributed by atoms with van der Waals surface area (Å²) in [7, 11) is 0. The van der Waals surface area contributed by atoms with Gasteiger partial charge in [-0.15, -0.1) is 0 Å². The molecule has 3 fully saturated rings. The van der Waals surface area contributed by atoms with E-state index in [0.717, 1.165) is 62.6 Å². The minimum absolute atomic E-state index is 0.373. The van der Waals surface area contributed by atoms with Crippen molar-refractivity contribution in [3.8, 4) is 11.8 Å². The van der Waals surface area contributed by atoms with Crippen LogP contribution in [0.2, 0.25) is 0 Å². The standard InChI is InChI=1S/C28H36N4O2S/c33-27-24-18-9-10-19(15-18)25(24)28(34)32(27)17-21-6-2-1-5-20(21)16-30-11-13-31(14-12-30)26-22-7-3-4-8-23(22)35-29-26/h3-4,7-8,18-21,33-34H,1-2,5-6,9-17H2. The Labute approximate surface area is 211 Å². The molecule has 0 radical (unpaired) electrons. The highest BCUT2D eigenvalue weighted by Gasteiger charge is 2.44. The van der Waals surface area contributed by atoms with Gasteiger partial charge in [-0.1, -0.05) is 25.0 Å². The van der Waals surface area contributed by atoms with Gasteiger partial charge in [0.1, 0.15) is 5.82 Å². The molecule has 1 aliphatic heterocycles. The second-order valence-electron chi connectivity index (χ2n) is 11.4. The molecule has 1 saturated heterocycles. The van der Waals surface area contributed by atoms with Gasteiger partial charge < -0.3 is 15.1 Å². The Hall–Kier alpha value is -2.25. The molecule has 0 spiro atoms. The zero-order valence-electron chi connectivity index (χ0n) is 20.4. The minimum atomic E-state index is 0.373. The van der Waals surface area contributed by atoms with E-state index in [4.69, 9.17) is 4.37 Å². The van der Waals surface area contributed by atoms with Crippen molar-refractivity contribution in [3.63, 3.8) is 0 Å². The summed E-state index contributed by atoms with van der Waals surface area (Å²) in [5.74, 6) is 3.98. The van der Waals surface area contributed by atoms with Crippen molar-refractivity contribution in [1.29, 1.82) is 0 Å². The summed E-state index contributed by atoms with van der Waals surface area (Å²) in [6, 6.07) is 8.56. The van der Waals surface area contributed by atoms with Crippen LogP contribution in [-0.2, 0) is 6.54 Å². The van der Waals surface area contributed by atoms with Crippen molar-refractivity contribution in [2.75, 3.05) is 37.6 Å². The van der Waals surface area contributed by atoms with Gasteiger partial charge in [0.25, 0.3) is 0 Å². The van der Waals surface area contributed by atoms with Gasteiger partial charge in [0.05, 0.1) is 4.70 Å². The summed E-state index contributed by atoms with van der Waals surface area (Å²) >= 11 is 1.60. The lowest BCUT2D eigenvalue weighted by Crippen LogP contribution is -2.49. The summed E-state index contributed by atoms with van der Waals surface area (Å²) in [5.41, 5.74) is 2.16. The molecule has 4 unspecified atom stereocenters. The first kappa shape index (κ1) is 22.0. The molecule has 2 N–H and O–H groups in total. The van der Waals surface area contributed by atoms with Crippen molar-refractivity contribution >= 4 is 27.4 Å². The number of hydrogen-bond acceptors (Lipinski definition) is 6. The van der Waals surface area contributed by atoms with Gasteiger partial charge in [0.15, 0.2) is 11.8 Å². The van der Waals surface area contributed by atoms with Crippen molar-refractivity contribution in [2.24, 2.45) is 11.8 Å². The van der Waals surface area contributed by atoms with Gasteiger partial charge in [-0.2, -0.15) is 4.37 Å². The fourth-order valence-electron chi connectivity index (χ4n) is 7.69. The van der Waals surface area contributed by atoms with Gasteiger partial charge in [-0.3, -0.25) is 9.47 Å². The third-order valence-corrected chi connectivity index (χ3v) is 10.4. The number of anilines is 1. The topological polar surface area (TPSA) is 64.8 Å². The van der Waals surface area contributed by atoms with Crippen molar-refractivity contribution in [1.82, 2.24) is 13.8 Å². The van der Waals surface area contributed by atoms with Gasteiger partial charge in [0.2, 0.25) is 0 Å². The SMILES string of the molecule is Oc1c2c(c(O)n1CC1CCCCC1CN1CCN(c3nsc4ccccc34)CC1)C1CCC2C1. The largest absolute Gasteiger partial charge is 0.494 e. The molecular formula is C28H36N4O2S. The van der Waals surface area contributed by atoms with E-state index in [1.54, 1.807) is 11.5 Å². The first-order valence-corrected chi connectivity index (χ1v) is 14.4. The molecular weight excluding hydrogens is 456 g/mol. The molecule has 35 heavy (non-hydrogen) atoms. The first-order valence-electron chi connectivity index (χ1n) is 13.6. The Morgan fingerprint density at radius 2 is 1.49 bits per heavy atom. The fraction of sp³-hybridized carbons (Fsp3) is 0.607. The highest BCUT2D eigenvalue weighted by molar-refractivity contribution is 7.13. The number of aromatic hydroxyl groups is 2. The van der Waals surface area contributed by atoms with Crippen molar-refractivity contribution in [2.45, 2.75) is 63.3 Å². The molecule has 7 heteroatoms. The molecule has 7 rings (SSSR count). The molecule has 4 atom stereocenters. The van der Waals surface area contributed by atoms with Crippen molar-refractivity contribution in [3.05, 3.63) is 35.4 Å². The molecule has 3 heterocycles. The molecule has 2 aromatic heterocycles. The van der Waals surface area contributed by atoms with Crippen LogP contribution in [0, 0.1) is 11.8 Å². The quantitative estimate of drug-likeness (QED) is 0.492. The second kappa shape index (κ2) is 8.70. The number of benzene rings is 1. The smallest absolute Gasteiger partial charge is 0.197 e. The van der Waals surface area contributed by atoms with Crippen LogP contribution in [0.4, 0.5) is 5.82 Å². The lowest BCUT2D eigenvalue weighted by atomic mass is 9.78. The van der Waals surface area contributed by atoms with E-state index in [1.165, 1.54) is 48.6 Å². The van der Waals surface area contributed by atoms with E-state index in [9.17, 15) is 10.2 Å². The highest BCUT2D eigenvalue weighted by atomic mass is 32.1. The summed E-state index contributed by atoms with van der Waals surface area (Å²) in [6.07, 6.45) is 8.49. The van der Waals surface area contributed by atoms with Crippen molar-refractivity contribution < 1.29 is 10.2 Å². The van der Waals surface area contributed by atoms with Gasteiger partial charge >= 0.3 is 0 Å². The zero-order chi connectivity index (χ0) is 23.5. The maximum absolute atomic E-state index is 11.1. The number of aromatic nitrogens is 2. The number of rotatable bonds is 5.